The Hall–Kier alpha value is -1.86. The maximum Gasteiger partial charge on any atom is 0.274 e. The van der Waals surface area contributed by atoms with Crippen molar-refractivity contribution in [3.8, 4) is 11.8 Å². The highest BCUT2D eigenvalue weighted by Gasteiger charge is 2.36. The van der Waals surface area contributed by atoms with Gasteiger partial charge >= 0.3 is 0 Å². The third kappa shape index (κ3) is 3.00. The molecule has 1 fully saturated rings. The third-order valence-corrected chi connectivity index (χ3v) is 3.62. The van der Waals surface area contributed by atoms with Gasteiger partial charge in [0.15, 0.2) is 0 Å². The molecule has 0 atom stereocenters. The van der Waals surface area contributed by atoms with Crippen LogP contribution in [0.2, 0.25) is 0 Å². The van der Waals surface area contributed by atoms with Gasteiger partial charge in [0.1, 0.15) is 5.69 Å². The summed E-state index contributed by atoms with van der Waals surface area (Å²) in [5.41, 5.74) is 0.922. The number of aromatic nitrogens is 1. The van der Waals surface area contributed by atoms with Crippen LogP contribution in [0.5, 0.6) is 0 Å². The molecule has 1 N–H and O–H groups in total. The Bertz CT molecular complexity index is 555. The number of aliphatic hydroxyl groups is 1. The van der Waals surface area contributed by atoms with Crippen LogP contribution in [0.25, 0.3) is 0 Å². The molecular formula is C16H20N2O2. The summed E-state index contributed by atoms with van der Waals surface area (Å²) in [6.45, 7) is 4.96. The Balaban J connectivity index is 2.29. The van der Waals surface area contributed by atoms with Gasteiger partial charge in [0.2, 0.25) is 0 Å². The van der Waals surface area contributed by atoms with E-state index in [0.717, 1.165) is 19.4 Å². The number of pyridine rings is 1. The van der Waals surface area contributed by atoms with E-state index in [9.17, 15) is 4.79 Å². The summed E-state index contributed by atoms with van der Waals surface area (Å²) in [4.78, 5) is 18.8. The second-order valence-corrected chi connectivity index (χ2v) is 5.55. The zero-order chi connectivity index (χ0) is 14.6. The standard InChI is InChI=1S/C16H20N2O2/c1-16(2)9-6-11-18(16)15(20)14-13(7-3-4-12-19)8-5-10-17-14/h5,8,10,19H,4,6,9,11-12H2,1-2H3. The number of likely N-dealkylation sites (tertiary alicyclic amines) is 1. The second-order valence-electron chi connectivity index (χ2n) is 5.55. The molecule has 20 heavy (non-hydrogen) atoms. The number of hydrogen-bond donors (Lipinski definition) is 1. The van der Waals surface area contributed by atoms with Crippen molar-refractivity contribution in [1.29, 1.82) is 0 Å². The summed E-state index contributed by atoms with van der Waals surface area (Å²) in [7, 11) is 0. The molecule has 0 spiro atoms. The first-order chi connectivity index (χ1) is 9.56. The maximum atomic E-state index is 12.7. The zero-order valence-corrected chi connectivity index (χ0v) is 12.0. The van der Waals surface area contributed by atoms with E-state index in [-0.39, 0.29) is 18.1 Å². The average molecular weight is 272 g/mol. The van der Waals surface area contributed by atoms with Gasteiger partial charge < -0.3 is 10.0 Å². The van der Waals surface area contributed by atoms with Crippen LogP contribution < -0.4 is 0 Å². The van der Waals surface area contributed by atoms with Gasteiger partial charge in [0, 0.05) is 24.7 Å². The SMILES string of the molecule is CC1(C)CCCN1C(=O)c1ncccc1C#CCCO. The predicted molar refractivity (Wildman–Crippen MR) is 77.2 cm³/mol. The lowest BCUT2D eigenvalue weighted by Crippen LogP contribution is -2.43. The van der Waals surface area contributed by atoms with E-state index in [2.05, 4.69) is 30.7 Å². The number of hydrogen-bond acceptors (Lipinski definition) is 3. The largest absolute Gasteiger partial charge is 0.395 e. The summed E-state index contributed by atoms with van der Waals surface area (Å²) in [6, 6.07) is 3.57. The monoisotopic (exact) mass is 272 g/mol. The topological polar surface area (TPSA) is 53.4 Å². The molecule has 0 saturated carbocycles. The normalized spacial score (nSPS) is 16.6. The van der Waals surface area contributed by atoms with E-state index in [1.54, 1.807) is 18.3 Å². The average Bonchev–Trinajstić information content (AvgIpc) is 2.78. The quantitative estimate of drug-likeness (QED) is 0.836. The van der Waals surface area contributed by atoms with Gasteiger partial charge in [-0.1, -0.05) is 11.8 Å². The molecule has 4 nitrogen and oxygen atoms in total. The highest BCUT2D eigenvalue weighted by Crippen LogP contribution is 2.29. The van der Waals surface area contributed by atoms with E-state index in [4.69, 9.17) is 5.11 Å². The van der Waals surface area contributed by atoms with Gasteiger partial charge in [0.25, 0.3) is 5.91 Å². The first-order valence-electron chi connectivity index (χ1n) is 6.93. The van der Waals surface area contributed by atoms with Crippen molar-refractivity contribution in [3.05, 3.63) is 29.6 Å². The van der Waals surface area contributed by atoms with E-state index in [1.165, 1.54) is 0 Å². The van der Waals surface area contributed by atoms with E-state index in [1.807, 2.05) is 4.90 Å². The minimum Gasteiger partial charge on any atom is -0.395 e. The molecule has 1 aromatic rings. The molecule has 2 heterocycles. The van der Waals surface area contributed by atoms with Crippen molar-refractivity contribution in [2.75, 3.05) is 13.2 Å². The van der Waals surface area contributed by atoms with Crippen molar-refractivity contribution in [3.63, 3.8) is 0 Å². The summed E-state index contributed by atoms with van der Waals surface area (Å²) < 4.78 is 0. The van der Waals surface area contributed by atoms with Crippen LogP contribution in [-0.2, 0) is 0 Å². The minimum absolute atomic E-state index is 0.0235. The van der Waals surface area contributed by atoms with Gasteiger partial charge in [-0.05, 0) is 38.8 Å². The van der Waals surface area contributed by atoms with E-state index in [0.29, 0.717) is 17.7 Å². The second kappa shape index (κ2) is 6.06. The van der Waals surface area contributed by atoms with Crippen molar-refractivity contribution in [1.82, 2.24) is 9.88 Å². The molecular weight excluding hydrogens is 252 g/mol. The lowest BCUT2D eigenvalue weighted by atomic mass is 10.0. The lowest BCUT2D eigenvalue weighted by molar-refractivity contribution is 0.0645. The van der Waals surface area contributed by atoms with Gasteiger partial charge in [-0.3, -0.25) is 4.79 Å². The Morgan fingerprint density at radius 3 is 3.00 bits per heavy atom. The first-order valence-corrected chi connectivity index (χ1v) is 6.93. The number of nitrogens with zero attached hydrogens (tertiary/aromatic N) is 2. The molecule has 1 aliphatic heterocycles. The van der Waals surface area contributed by atoms with Crippen LogP contribution in [0.4, 0.5) is 0 Å². The Morgan fingerprint density at radius 2 is 2.35 bits per heavy atom. The summed E-state index contributed by atoms with van der Waals surface area (Å²) in [5.74, 6) is 5.72. The Morgan fingerprint density at radius 1 is 1.55 bits per heavy atom. The fraction of sp³-hybridized carbons (Fsp3) is 0.500. The van der Waals surface area contributed by atoms with Gasteiger partial charge in [-0.15, -0.1) is 0 Å². The summed E-state index contributed by atoms with van der Waals surface area (Å²) >= 11 is 0. The number of rotatable bonds is 2. The number of aliphatic hydroxyl groups excluding tert-OH is 1. The summed E-state index contributed by atoms with van der Waals surface area (Å²) in [6.07, 6.45) is 4.06. The van der Waals surface area contributed by atoms with Gasteiger partial charge in [-0.2, -0.15) is 0 Å². The molecule has 106 valence electrons. The zero-order valence-electron chi connectivity index (χ0n) is 12.0. The van der Waals surface area contributed by atoms with Crippen molar-refractivity contribution >= 4 is 5.91 Å². The van der Waals surface area contributed by atoms with Gasteiger partial charge in [-0.25, -0.2) is 4.98 Å². The summed E-state index contributed by atoms with van der Waals surface area (Å²) in [5, 5.41) is 8.77. The van der Waals surface area contributed by atoms with Crippen LogP contribution in [0.1, 0.15) is 49.2 Å². The lowest BCUT2D eigenvalue weighted by Gasteiger charge is -2.31. The Labute approximate surface area is 119 Å². The highest BCUT2D eigenvalue weighted by molar-refractivity contribution is 5.95. The van der Waals surface area contributed by atoms with Crippen LogP contribution >= 0.6 is 0 Å². The smallest absolute Gasteiger partial charge is 0.274 e. The molecule has 0 radical (unpaired) electrons. The fourth-order valence-electron chi connectivity index (χ4n) is 2.50. The predicted octanol–water partition coefficient (Wildman–Crippen LogP) is 1.83. The van der Waals surface area contributed by atoms with Crippen molar-refractivity contribution in [2.45, 2.75) is 38.6 Å². The number of carbonyl (C=O) groups excluding carboxylic acids is 1. The highest BCUT2D eigenvalue weighted by atomic mass is 16.2. The van der Waals surface area contributed by atoms with Crippen molar-refractivity contribution < 1.29 is 9.90 Å². The molecule has 0 aromatic carbocycles. The van der Waals surface area contributed by atoms with Gasteiger partial charge in [0.05, 0.1) is 12.2 Å². The maximum absolute atomic E-state index is 12.7. The van der Waals surface area contributed by atoms with E-state index >= 15 is 0 Å². The molecule has 1 saturated heterocycles. The van der Waals surface area contributed by atoms with Crippen LogP contribution in [0, 0.1) is 11.8 Å². The first kappa shape index (κ1) is 14.5. The van der Waals surface area contributed by atoms with E-state index < -0.39 is 0 Å². The molecule has 4 heteroatoms. The molecule has 2 rings (SSSR count). The molecule has 0 bridgehead atoms. The number of amides is 1. The molecule has 1 aromatic heterocycles. The fourth-order valence-corrected chi connectivity index (χ4v) is 2.50. The molecule has 1 amide bonds. The molecule has 1 aliphatic rings. The van der Waals surface area contributed by atoms with Crippen LogP contribution in [0.3, 0.4) is 0 Å². The van der Waals surface area contributed by atoms with Crippen molar-refractivity contribution in [2.24, 2.45) is 0 Å². The molecule has 0 aliphatic carbocycles. The van der Waals surface area contributed by atoms with Crippen LogP contribution in [-0.4, -0.2) is 39.6 Å². The van der Waals surface area contributed by atoms with Crippen LogP contribution in [0.15, 0.2) is 18.3 Å². The number of carbonyl (C=O) groups is 1. The minimum atomic E-state index is -0.121. The Kier molecular flexibility index (Phi) is 4.41. The third-order valence-electron chi connectivity index (χ3n) is 3.62. The molecule has 0 unspecified atom stereocenters.